The molecule has 1 aromatic carbocycles. The summed E-state index contributed by atoms with van der Waals surface area (Å²) in [4.78, 5) is 0. The van der Waals surface area contributed by atoms with Gasteiger partial charge in [-0.2, -0.15) is 0 Å². The van der Waals surface area contributed by atoms with Crippen LogP contribution in [-0.2, 0) is 0 Å². The van der Waals surface area contributed by atoms with Crippen LogP contribution >= 0.6 is 0 Å². The smallest absolute Gasteiger partial charge is 0.130 e. The van der Waals surface area contributed by atoms with Crippen molar-refractivity contribution in [1.29, 1.82) is 0 Å². The maximum absolute atomic E-state index is 13.9. The molecular formula is C15H19F2N. The zero-order chi connectivity index (χ0) is 12.7. The van der Waals surface area contributed by atoms with Gasteiger partial charge in [0.25, 0.3) is 0 Å². The van der Waals surface area contributed by atoms with Gasteiger partial charge in [-0.05, 0) is 49.8 Å². The van der Waals surface area contributed by atoms with Gasteiger partial charge in [0.05, 0.1) is 0 Å². The Bertz CT molecular complexity index is 414. The van der Waals surface area contributed by atoms with E-state index in [4.69, 9.17) is 0 Å². The molecule has 0 spiro atoms. The molecule has 98 valence electrons. The minimum Gasteiger partial charge on any atom is -0.313 e. The van der Waals surface area contributed by atoms with Crippen LogP contribution < -0.4 is 5.32 Å². The number of benzene rings is 1. The number of fused-ring (bicyclic) bond motifs is 1. The molecule has 3 unspecified atom stereocenters. The highest BCUT2D eigenvalue weighted by atomic mass is 19.1. The van der Waals surface area contributed by atoms with Crippen LogP contribution in [0.3, 0.4) is 0 Å². The standard InChI is InChI=1S/C15H19F2N/c1-18-15(13-9-5-2-3-6-10(9)13)14-11(16)7-4-8-12(14)17/h4,7-10,13,15,18H,2-3,5-6H2,1H3. The van der Waals surface area contributed by atoms with Crippen molar-refractivity contribution < 1.29 is 8.78 Å². The van der Waals surface area contributed by atoms with Crippen LogP contribution in [0.2, 0.25) is 0 Å². The number of halogens is 2. The highest BCUT2D eigenvalue weighted by molar-refractivity contribution is 5.26. The number of nitrogens with one attached hydrogen (secondary N) is 1. The molecule has 0 amide bonds. The van der Waals surface area contributed by atoms with E-state index in [1.165, 1.54) is 43.9 Å². The Morgan fingerprint density at radius 2 is 1.67 bits per heavy atom. The van der Waals surface area contributed by atoms with E-state index in [1.807, 2.05) is 0 Å². The molecule has 1 nitrogen and oxygen atoms in total. The van der Waals surface area contributed by atoms with Gasteiger partial charge in [-0.3, -0.25) is 0 Å². The third kappa shape index (κ3) is 1.85. The first-order valence-electron chi connectivity index (χ1n) is 6.85. The quantitative estimate of drug-likeness (QED) is 0.864. The number of hydrogen-bond donors (Lipinski definition) is 1. The molecule has 3 heteroatoms. The summed E-state index contributed by atoms with van der Waals surface area (Å²) >= 11 is 0. The molecule has 3 atom stereocenters. The highest BCUT2D eigenvalue weighted by Gasteiger charge is 2.54. The van der Waals surface area contributed by atoms with Crippen molar-refractivity contribution >= 4 is 0 Å². The Morgan fingerprint density at radius 1 is 1.11 bits per heavy atom. The molecule has 1 aromatic rings. The first kappa shape index (κ1) is 12.1. The maximum Gasteiger partial charge on any atom is 0.130 e. The average Bonchev–Trinajstić information content (AvgIpc) is 3.08. The fourth-order valence-corrected chi connectivity index (χ4v) is 3.88. The summed E-state index contributed by atoms with van der Waals surface area (Å²) in [5.41, 5.74) is 0.236. The van der Waals surface area contributed by atoms with Crippen LogP contribution in [0.5, 0.6) is 0 Å². The third-order valence-electron chi connectivity index (χ3n) is 4.73. The predicted molar refractivity (Wildman–Crippen MR) is 67.1 cm³/mol. The van der Waals surface area contributed by atoms with Crippen LogP contribution in [0.4, 0.5) is 8.78 Å². The van der Waals surface area contributed by atoms with E-state index in [-0.39, 0.29) is 11.6 Å². The zero-order valence-corrected chi connectivity index (χ0v) is 10.6. The summed E-state index contributed by atoms with van der Waals surface area (Å²) in [5, 5.41) is 3.14. The second-order valence-corrected chi connectivity index (χ2v) is 5.59. The van der Waals surface area contributed by atoms with Gasteiger partial charge in [0.1, 0.15) is 11.6 Å². The first-order chi connectivity index (χ1) is 8.74. The molecular weight excluding hydrogens is 232 g/mol. The molecule has 0 radical (unpaired) electrons. The van der Waals surface area contributed by atoms with Gasteiger partial charge in [-0.1, -0.05) is 18.9 Å². The lowest BCUT2D eigenvalue weighted by atomic mass is 9.99. The minimum atomic E-state index is -0.419. The summed E-state index contributed by atoms with van der Waals surface area (Å²) < 4.78 is 27.7. The van der Waals surface area contributed by atoms with Crippen molar-refractivity contribution in [3.05, 3.63) is 35.4 Å². The van der Waals surface area contributed by atoms with Crippen LogP contribution in [0.25, 0.3) is 0 Å². The molecule has 2 saturated carbocycles. The van der Waals surface area contributed by atoms with Gasteiger partial charge >= 0.3 is 0 Å². The van der Waals surface area contributed by atoms with E-state index in [1.54, 1.807) is 7.05 Å². The highest BCUT2D eigenvalue weighted by Crippen LogP contribution is 2.60. The van der Waals surface area contributed by atoms with E-state index in [0.717, 1.165) is 0 Å². The molecule has 0 heterocycles. The van der Waals surface area contributed by atoms with E-state index in [9.17, 15) is 8.78 Å². The Hall–Kier alpha value is -0.960. The second-order valence-electron chi connectivity index (χ2n) is 5.59. The summed E-state index contributed by atoms with van der Waals surface area (Å²) in [6.07, 6.45) is 4.99. The van der Waals surface area contributed by atoms with E-state index in [2.05, 4.69) is 5.32 Å². The largest absolute Gasteiger partial charge is 0.313 e. The fraction of sp³-hybridized carbons (Fsp3) is 0.600. The van der Waals surface area contributed by atoms with Crippen LogP contribution in [0.15, 0.2) is 18.2 Å². The molecule has 0 aliphatic heterocycles. The van der Waals surface area contributed by atoms with Crippen molar-refractivity contribution in [1.82, 2.24) is 5.32 Å². The van der Waals surface area contributed by atoms with Gasteiger partial charge in [-0.15, -0.1) is 0 Å². The Kier molecular flexibility index (Phi) is 3.10. The SMILES string of the molecule is CNC(c1c(F)cccc1F)C1C2CCCCC21. The molecule has 0 aromatic heterocycles. The summed E-state index contributed by atoms with van der Waals surface area (Å²) in [7, 11) is 1.81. The third-order valence-corrected chi connectivity index (χ3v) is 4.73. The minimum absolute atomic E-state index is 0.167. The van der Waals surface area contributed by atoms with Gasteiger partial charge in [0.2, 0.25) is 0 Å². The molecule has 2 aliphatic rings. The van der Waals surface area contributed by atoms with Gasteiger partial charge in [0.15, 0.2) is 0 Å². The van der Waals surface area contributed by atoms with Gasteiger partial charge in [-0.25, -0.2) is 8.78 Å². The van der Waals surface area contributed by atoms with Gasteiger partial charge < -0.3 is 5.32 Å². The van der Waals surface area contributed by atoms with Crippen molar-refractivity contribution in [2.24, 2.45) is 17.8 Å². The molecule has 0 bridgehead atoms. The summed E-state index contributed by atoms with van der Waals surface area (Å²) in [6.45, 7) is 0. The first-order valence-corrected chi connectivity index (χ1v) is 6.85. The monoisotopic (exact) mass is 251 g/mol. The summed E-state index contributed by atoms with van der Waals surface area (Å²) in [5.74, 6) is 0.935. The topological polar surface area (TPSA) is 12.0 Å². The van der Waals surface area contributed by atoms with Crippen molar-refractivity contribution in [3.63, 3.8) is 0 Å². The average molecular weight is 251 g/mol. The lowest BCUT2D eigenvalue weighted by Crippen LogP contribution is -2.22. The van der Waals surface area contributed by atoms with Crippen molar-refractivity contribution in [2.75, 3.05) is 7.05 Å². The zero-order valence-electron chi connectivity index (χ0n) is 10.6. The number of hydrogen-bond acceptors (Lipinski definition) is 1. The molecule has 0 saturated heterocycles. The molecule has 18 heavy (non-hydrogen) atoms. The maximum atomic E-state index is 13.9. The van der Waals surface area contributed by atoms with Crippen LogP contribution in [0, 0.1) is 29.4 Å². The lowest BCUT2D eigenvalue weighted by molar-refractivity contribution is 0.431. The lowest BCUT2D eigenvalue weighted by Gasteiger charge is -2.18. The Balaban J connectivity index is 1.89. The predicted octanol–water partition coefficient (Wildman–Crippen LogP) is 3.66. The van der Waals surface area contributed by atoms with Crippen LogP contribution in [-0.4, -0.2) is 7.05 Å². The molecule has 2 aliphatic carbocycles. The van der Waals surface area contributed by atoms with E-state index >= 15 is 0 Å². The van der Waals surface area contributed by atoms with Crippen molar-refractivity contribution in [2.45, 2.75) is 31.7 Å². The Labute approximate surface area is 107 Å². The molecule has 2 fully saturated rings. The van der Waals surface area contributed by atoms with Gasteiger partial charge in [0, 0.05) is 11.6 Å². The van der Waals surface area contributed by atoms with E-state index in [0.29, 0.717) is 17.8 Å². The Morgan fingerprint density at radius 3 is 2.17 bits per heavy atom. The molecule has 1 N–H and O–H groups in total. The normalized spacial score (nSPS) is 31.8. The molecule has 3 rings (SSSR count). The second kappa shape index (κ2) is 4.61. The number of rotatable bonds is 3. The fourth-order valence-electron chi connectivity index (χ4n) is 3.88. The van der Waals surface area contributed by atoms with E-state index < -0.39 is 11.6 Å². The summed E-state index contributed by atoms with van der Waals surface area (Å²) in [6, 6.07) is 3.98. The van der Waals surface area contributed by atoms with Crippen molar-refractivity contribution in [3.8, 4) is 0 Å². The van der Waals surface area contributed by atoms with Crippen LogP contribution in [0.1, 0.15) is 37.3 Å².